The fourth-order valence-corrected chi connectivity index (χ4v) is 2.55. The molecule has 2 atom stereocenters. The monoisotopic (exact) mass is 237 g/mol. The lowest BCUT2D eigenvalue weighted by Crippen LogP contribution is -2.31. The van der Waals surface area contributed by atoms with Gasteiger partial charge in [-0.2, -0.15) is 0 Å². The molecule has 0 aromatic heterocycles. The molecule has 0 spiro atoms. The molecule has 2 unspecified atom stereocenters. The lowest BCUT2D eigenvalue weighted by molar-refractivity contribution is 0.174. The van der Waals surface area contributed by atoms with Crippen molar-refractivity contribution in [1.29, 1.82) is 0 Å². The molecule has 2 rings (SSSR count). The number of aryl methyl sites for hydroxylation is 1. The topological polar surface area (TPSA) is 21.3 Å². The van der Waals surface area contributed by atoms with Gasteiger partial charge in [-0.25, -0.2) is 4.39 Å². The highest BCUT2D eigenvalue weighted by Gasteiger charge is 2.36. The van der Waals surface area contributed by atoms with Crippen molar-refractivity contribution in [1.82, 2.24) is 5.32 Å². The molecular formula is C14H20FNO. The van der Waals surface area contributed by atoms with E-state index in [1.54, 1.807) is 0 Å². The first kappa shape index (κ1) is 12.4. The number of hydrogen-bond acceptors (Lipinski definition) is 2. The third kappa shape index (κ3) is 2.16. The largest absolute Gasteiger partial charge is 0.485 e. The van der Waals surface area contributed by atoms with Gasteiger partial charge >= 0.3 is 0 Å². The maximum Gasteiger partial charge on any atom is 0.165 e. The molecule has 1 aliphatic heterocycles. The van der Waals surface area contributed by atoms with E-state index in [0.29, 0.717) is 5.75 Å². The van der Waals surface area contributed by atoms with Crippen molar-refractivity contribution < 1.29 is 9.13 Å². The van der Waals surface area contributed by atoms with E-state index >= 15 is 0 Å². The molecule has 1 heterocycles. The van der Waals surface area contributed by atoms with Crippen molar-refractivity contribution >= 4 is 0 Å². The minimum atomic E-state index is -0.243. The Labute approximate surface area is 102 Å². The van der Waals surface area contributed by atoms with Crippen LogP contribution in [0.4, 0.5) is 4.39 Å². The zero-order chi connectivity index (χ0) is 12.4. The fourth-order valence-electron chi connectivity index (χ4n) is 2.55. The van der Waals surface area contributed by atoms with Crippen LogP contribution in [0.3, 0.4) is 0 Å². The summed E-state index contributed by atoms with van der Waals surface area (Å²) in [5.41, 5.74) is 2.11. The standard InChI is InChI=1S/C14H20FNO/c1-4-6-11-13(16-5-2)12-9(3)7-8-10(15)14(12)17-11/h7-8,11,13,16H,4-6H2,1-3H3. The number of hydrogen-bond donors (Lipinski definition) is 1. The van der Waals surface area contributed by atoms with Crippen molar-refractivity contribution in [3.05, 3.63) is 29.1 Å². The molecule has 0 saturated carbocycles. The van der Waals surface area contributed by atoms with E-state index in [9.17, 15) is 4.39 Å². The average Bonchev–Trinajstić information content (AvgIpc) is 2.66. The Morgan fingerprint density at radius 3 is 2.76 bits per heavy atom. The summed E-state index contributed by atoms with van der Waals surface area (Å²) < 4.78 is 19.5. The van der Waals surface area contributed by atoms with Crippen LogP contribution in [-0.2, 0) is 0 Å². The SMILES string of the molecule is CCCC1Oc2c(F)ccc(C)c2C1NCC. The summed E-state index contributed by atoms with van der Waals surface area (Å²) in [5, 5.41) is 3.41. The molecule has 94 valence electrons. The average molecular weight is 237 g/mol. The van der Waals surface area contributed by atoms with Crippen LogP contribution >= 0.6 is 0 Å². The molecule has 0 bridgehead atoms. The molecule has 1 aliphatic rings. The highest BCUT2D eigenvalue weighted by molar-refractivity contribution is 5.47. The van der Waals surface area contributed by atoms with Crippen molar-refractivity contribution in [2.45, 2.75) is 45.8 Å². The molecule has 17 heavy (non-hydrogen) atoms. The van der Waals surface area contributed by atoms with Gasteiger partial charge < -0.3 is 10.1 Å². The quantitative estimate of drug-likeness (QED) is 0.867. The maximum atomic E-state index is 13.7. The second-order valence-corrected chi connectivity index (χ2v) is 4.59. The predicted molar refractivity (Wildman–Crippen MR) is 66.9 cm³/mol. The Balaban J connectivity index is 2.39. The molecular weight excluding hydrogens is 217 g/mol. The molecule has 1 aromatic rings. The Hall–Kier alpha value is -1.09. The fraction of sp³-hybridized carbons (Fsp3) is 0.571. The highest BCUT2D eigenvalue weighted by Crippen LogP contribution is 2.41. The number of fused-ring (bicyclic) bond motifs is 1. The first-order chi connectivity index (χ1) is 8.19. The smallest absolute Gasteiger partial charge is 0.165 e. The van der Waals surface area contributed by atoms with Gasteiger partial charge in [0.1, 0.15) is 6.10 Å². The molecule has 0 aliphatic carbocycles. The number of nitrogens with one attached hydrogen (secondary N) is 1. The summed E-state index contributed by atoms with van der Waals surface area (Å²) in [6.45, 7) is 7.07. The van der Waals surface area contributed by atoms with Crippen molar-refractivity contribution in [3.8, 4) is 5.75 Å². The maximum absolute atomic E-state index is 13.7. The first-order valence-electron chi connectivity index (χ1n) is 6.38. The molecule has 0 amide bonds. The lowest BCUT2D eigenvalue weighted by atomic mass is 9.96. The van der Waals surface area contributed by atoms with Crippen LogP contribution in [0.15, 0.2) is 12.1 Å². The van der Waals surface area contributed by atoms with Gasteiger partial charge in [0.2, 0.25) is 0 Å². The number of ether oxygens (including phenoxy) is 1. The van der Waals surface area contributed by atoms with E-state index < -0.39 is 0 Å². The summed E-state index contributed by atoms with van der Waals surface area (Å²) in [6.07, 6.45) is 2.05. The van der Waals surface area contributed by atoms with E-state index in [0.717, 1.165) is 30.5 Å². The van der Waals surface area contributed by atoms with Gasteiger partial charge in [0, 0.05) is 5.56 Å². The zero-order valence-corrected chi connectivity index (χ0v) is 10.7. The summed E-state index contributed by atoms with van der Waals surface area (Å²) >= 11 is 0. The number of halogens is 1. The van der Waals surface area contributed by atoms with Crippen LogP contribution in [0.2, 0.25) is 0 Å². The van der Waals surface area contributed by atoms with Crippen LogP contribution in [0.5, 0.6) is 5.75 Å². The number of benzene rings is 1. The van der Waals surface area contributed by atoms with Gasteiger partial charge in [-0.3, -0.25) is 0 Å². The molecule has 1 N–H and O–H groups in total. The van der Waals surface area contributed by atoms with Gasteiger partial charge in [0.05, 0.1) is 6.04 Å². The van der Waals surface area contributed by atoms with Gasteiger partial charge in [0.15, 0.2) is 11.6 Å². The number of likely N-dealkylation sites (N-methyl/N-ethyl adjacent to an activating group) is 1. The Bertz CT molecular complexity index is 405. The van der Waals surface area contributed by atoms with Gasteiger partial charge in [0.25, 0.3) is 0 Å². The summed E-state index contributed by atoms with van der Waals surface area (Å²) in [5.74, 6) is 0.210. The van der Waals surface area contributed by atoms with E-state index in [1.165, 1.54) is 6.07 Å². The van der Waals surface area contributed by atoms with E-state index in [1.807, 2.05) is 13.0 Å². The van der Waals surface area contributed by atoms with E-state index in [2.05, 4.69) is 19.2 Å². The predicted octanol–water partition coefficient (Wildman–Crippen LogP) is 3.35. The first-order valence-corrected chi connectivity index (χ1v) is 6.38. The second kappa shape index (κ2) is 5.05. The normalized spacial score (nSPS) is 22.4. The summed E-state index contributed by atoms with van der Waals surface area (Å²) in [4.78, 5) is 0. The lowest BCUT2D eigenvalue weighted by Gasteiger charge is -2.19. The Morgan fingerprint density at radius 1 is 1.35 bits per heavy atom. The summed E-state index contributed by atoms with van der Waals surface area (Å²) in [7, 11) is 0. The molecule has 0 saturated heterocycles. The van der Waals surface area contributed by atoms with Gasteiger partial charge in [-0.05, 0) is 31.5 Å². The van der Waals surface area contributed by atoms with Crippen LogP contribution in [0.25, 0.3) is 0 Å². The van der Waals surface area contributed by atoms with Crippen molar-refractivity contribution in [2.24, 2.45) is 0 Å². The van der Waals surface area contributed by atoms with Gasteiger partial charge in [-0.1, -0.05) is 26.3 Å². The third-order valence-corrected chi connectivity index (χ3v) is 3.32. The van der Waals surface area contributed by atoms with Crippen LogP contribution in [0.1, 0.15) is 43.9 Å². The molecule has 3 heteroatoms. The van der Waals surface area contributed by atoms with Gasteiger partial charge in [-0.15, -0.1) is 0 Å². The zero-order valence-electron chi connectivity index (χ0n) is 10.7. The van der Waals surface area contributed by atoms with Crippen molar-refractivity contribution in [2.75, 3.05) is 6.54 Å². The van der Waals surface area contributed by atoms with Crippen LogP contribution in [-0.4, -0.2) is 12.6 Å². The molecule has 0 radical (unpaired) electrons. The molecule has 1 aromatic carbocycles. The van der Waals surface area contributed by atoms with E-state index in [4.69, 9.17) is 4.74 Å². The second-order valence-electron chi connectivity index (χ2n) is 4.59. The molecule has 0 fully saturated rings. The highest BCUT2D eigenvalue weighted by atomic mass is 19.1. The van der Waals surface area contributed by atoms with E-state index in [-0.39, 0.29) is 18.0 Å². The van der Waals surface area contributed by atoms with Crippen molar-refractivity contribution in [3.63, 3.8) is 0 Å². The third-order valence-electron chi connectivity index (χ3n) is 3.32. The summed E-state index contributed by atoms with van der Waals surface area (Å²) in [6, 6.07) is 3.45. The number of rotatable bonds is 4. The Kier molecular flexibility index (Phi) is 3.67. The van der Waals surface area contributed by atoms with Crippen LogP contribution < -0.4 is 10.1 Å². The minimum Gasteiger partial charge on any atom is -0.485 e. The van der Waals surface area contributed by atoms with Crippen LogP contribution in [0, 0.1) is 12.7 Å². The Morgan fingerprint density at radius 2 is 2.12 bits per heavy atom. The molecule has 2 nitrogen and oxygen atoms in total. The minimum absolute atomic E-state index is 0.0607.